The Labute approximate surface area is 95.6 Å². The van der Waals surface area contributed by atoms with Crippen molar-refractivity contribution in [3.05, 3.63) is 5.82 Å². The Hall–Kier alpha value is -0.970. The lowest BCUT2D eigenvalue weighted by Crippen LogP contribution is -2.28. The van der Waals surface area contributed by atoms with Gasteiger partial charge >= 0.3 is 0 Å². The number of rotatable bonds is 5. The van der Waals surface area contributed by atoms with Gasteiger partial charge in [0.25, 0.3) is 0 Å². The number of aromatic nitrogens is 4. The van der Waals surface area contributed by atoms with Crippen molar-refractivity contribution in [3.8, 4) is 0 Å². The van der Waals surface area contributed by atoms with Gasteiger partial charge < -0.3 is 5.32 Å². The van der Waals surface area contributed by atoms with E-state index in [2.05, 4.69) is 27.7 Å². The molecule has 0 amide bonds. The molecule has 2 saturated carbocycles. The highest BCUT2D eigenvalue weighted by Gasteiger charge is 2.49. The summed E-state index contributed by atoms with van der Waals surface area (Å²) in [5.41, 5.74) is 0. The molecule has 2 aliphatic carbocycles. The average Bonchev–Trinajstić information content (AvgIpc) is 3.11. The van der Waals surface area contributed by atoms with Crippen LogP contribution in [0.5, 0.6) is 0 Å². The number of aryl methyl sites for hydroxylation is 1. The lowest BCUT2D eigenvalue weighted by molar-refractivity contribution is 0.450. The summed E-state index contributed by atoms with van der Waals surface area (Å²) < 4.78 is 0. The van der Waals surface area contributed by atoms with E-state index in [-0.39, 0.29) is 0 Å². The molecule has 0 aliphatic heterocycles. The third-order valence-corrected chi connectivity index (χ3v) is 3.89. The van der Waals surface area contributed by atoms with E-state index >= 15 is 0 Å². The average molecular weight is 221 g/mol. The predicted molar refractivity (Wildman–Crippen MR) is 59.4 cm³/mol. The maximum absolute atomic E-state index is 4.16. The van der Waals surface area contributed by atoms with Gasteiger partial charge in [0.05, 0.1) is 13.6 Å². The summed E-state index contributed by atoms with van der Waals surface area (Å²) in [6.45, 7) is 3.02. The third-order valence-electron chi connectivity index (χ3n) is 3.89. The van der Waals surface area contributed by atoms with Gasteiger partial charge in [-0.2, -0.15) is 4.80 Å². The summed E-state index contributed by atoms with van der Waals surface area (Å²) in [6, 6.07) is 0.592. The van der Waals surface area contributed by atoms with Crippen LogP contribution in [0.1, 0.15) is 32.0 Å². The first kappa shape index (κ1) is 10.2. The lowest BCUT2D eigenvalue weighted by Gasteiger charge is -2.11. The summed E-state index contributed by atoms with van der Waals surface area (Å²) in [5.74, 6) is 3.75. The second-order valence-electron chi connectivity index (χ2n) is 5.27. The van der Waals surface area contributed by atoms with Crippen LogP contribution < -0.4 is 5.32 Å². The fourth-order valence-corrected chi connectivity index (χ4v) is 2.67. The van der Waals surface area contributed by atoms with Crippen molar-refractivity contribution in [1.82, 2.24) is 25.5 Å². The Kier molecular flexibility index (Phi) is 2.42. The lowest BCUT2D eigenvalue weighted by atomic mass is 10.1. The molecule has 3 atom stereocenters. The van der Waals surface area contributed by atoms with Gasteiger partial charge in [-0.3, -0.25) is 0 Å². The normalized spacial score (nSPS) is 30.4. The molecule has 0 saturated heterocycles. The molecule has 0 radical (unpaired) electrons. The van der Waals surface area contributed by atoms with Crippen molar-refractivity contribution in [2.45, 2.75) is 38.8 Å². The van der Waals surface area contributed by atoms with E-state index in [0.717, 1.165) is 30.1 Å². The fraction of sp³-hybridized carbons (Fsp3) is 0.909. The van der Waals surface area contributed by atoms with E-state index in [1.54, 1.807) is 7.05 Å². The van der Waals surface area contributed by atoms with Crippen LogP contribution in [0.15, 0.2) is 0 Å². The minimum Gasteiger partial charge on any atom is -0.307 e. The second-order valence-corrected chi connectivity index (χ2v) is 5.27. The molecule has 5 heteroatoms. The van der Waals surface area contributed by atoms with Crippen LogP contribution >= 0.6 is 0 Å². The van der Waals surface area contributed by atoms with Crippen molar-refractivity contribution in [3.63, 3.8) is 0 Å². The van der Waals surface area contributed by atoms with E-state index in [1.807, 2.05) is 0 Å². The maximum Gasteiger partial charge on any atom is 0.188 e. The Balaban J connectivity index is 1.45. The van der Waals surface area contributed by atoms with Crippen LogP contribution in [0.25, 0.3) is 0 Å². The number of hydrogen-bond acceptors (Lipinski definition) is 4. The predicted octanol–water partition coefficient (Wildman–Crippen LogP) is 0.734. The summed E-state index contributed by atoms with van der Waals surface area (Å²) in [6.07, 6.45) is 4.37. The Morgan fingerprint density at radius 3 is 2.94 bits per heavy atom. The van der Waals surface area contributed by atoms with Crippen molar-refractivity contribution in [1.29, 1.82) is 0 Å². The Bertz CT molecular complexity index is 370. The molecule has 1 aromatic rings. The first-order valence-corrected chi connectivity index (χ1v) is 6.20. The third kappa shape index (κ3) is 2.09. The molecule has 1 heterocycles. The van der Waals surface area contributed by atoms with E-state index in [4.69, 9.17) is 0 Å². The van der Waals surface area contributed by atoms with Crippen molar-refractivity contribution in [2.75, 3.05) is 0 Å². The van der Waals surface area contributed by atoms with Crippen LogP contribution in [-0.2, 0) is 13.6 Å². The molecular formula is C11H19N5. The highest BCUT2D eigenvalue weighted by atomic mass is 15.6. The zero-order valence-corrected chi connectivity index (χ0v) is 9.93. The van der Waals surface area contributed by atoms with Crippen LogP contribution in [0.4, 0.5) is 0 Å². The molecule has 16 heavy (non-hydrogen) atoms. The molecule has 2 aliphatic rings. The highest BCUT2D eigenvalue weighted by Crippen LogP contribution is 2.55. The highest BCUT2D eigenvalue weighted by molar-refractivity contribution is 5.01. The largest absolute Gasteiger partial charge is 0.307 e. The fourth-order valence-electron chi connectivity index (χ4n) is 2.67. The van der Waals surface area contributed by atoms with Crippen LogP contribution in [0.3, 0.4) is 0 Å². The minimum absolute atomic E-state index is 0.592. The standard InChI is InChI=1S/C11H19N5/c1-7(9-5-10(9)8-3-4-8)12-6-11-13-15-16(2)14-11/h7-10,12H,3-6H2,1-2H3/t7?,9-,10-/m0/s1. The summed E-state index contributed by atoms with van der Waals surface area (Å²) in [5, 5.41) is 15.5. The van der Waals surface area contributed by atoms with Gasteiger partial charge in [-0.25, -0.2) is 0 Å². The van der Waals surface area contributed by atoms with E-state index < -0.39 is 0 Å². The van der Waals surface area contributed by atoms with Crippen molar-refractivity contribution in [2.24, 2.45) is 24.8 Å². The smallest absolute Gasteiger partial charge is 0.188 e. The molecule has 2 fully saturated rings. The molecule has 1 aromatic heterocycles. The van der Waals surface area contributed by atoms with E-state index in [0.29, 0.717) is 6.04 Å². The number of hydrogen-bond donors (Lipinski definition) is 1. The van der Waals surface area contributed by atoms with Gasteiger partial charge in [0.2, 0.25) is 0 Å². The Morgan fingerprint density at radius 2 is 2.31 bits per heavy atom. The first-order valence-electron chi connectivity index (χ1n) is 6.20. The molecule has 3 rings (SSSR count). The quantitative estimate of drug-likeness (QED) is 0.796. The molecule has 5 nitrogen and oxygen atoms in total. The van der Waals surface area contributed by atoms with Gasteiger partial charge in [0.15, 0.2) is 5.82 Å². The zero-order chi connectivity index (χ0) is 11.1. The SMILES string of the molecule is CC(NCc1nnn(C)n1)[C@@H]1C[C@H]1C1CC1. The summed E-state index contributed by atoms with van der Waals surface area (Å²) in [7, 11) is 1.80. The van der Waals surface area contributed by atoms with Crippen LogP contribution in [0, 0.1) is 17.8 Å². The van der Waals surface area contributed by atoms with Crippen LogP contribution in [-0.4, -0.2) is 26.2 Å². The monoisotopic (exact) mass is 221 g/mol. The van der Waals surface area contributed by atoms with E-state index in [9.17, 15) is 0 Å². The topological polar surface area (TPSA) is 55.6 Å². The van der Waals surface area contributed by atoms with Crippen molar-refractivity contribution >= 4 is 0 Å². The number of tetrazole rings is 1. The van der Waals surface area contributed by atoms with E-state index in [1.165, 1.54) is 24.1 Å². The summed E-state index contributed by atoms with van der Waals surface area (Å²) in [4.78, 5) is 1.51. The molecule has 0 bridgehead atoms. The molecule has 1 unspecified atom stereocenters. The molecule has 0 spiro atoms. The molecule has 88 valence electrons. The number of nitrogens with zero attached hydrogens (tertiary/aromatic N) is 4. The zero-order valence-electron chi connectivity index (χ0n) is 9.93. The minimum atomic E-state index is 0.592. The van der Waals surface area contributed by atoms with Gasteiger partial charge in [0, 0.05) is 6.04 Å². The molecule has 1 N–H and O–H groups in total. The van der Waals surface area contributed by atoms with Crippen molar-refractivity contribution < 1.29 is 0 Å². The molecule has 0 aromatic carbocycles. The van der Waals surface area contributed by atoms with Gasteiger partial charge in [-0.1, -0.05) is 0 Å². The first-order chi connectivity index (χ1) is 7.74. The van der Waals surface area contributed by atoms with Gasteiger partial charge in [-0.15, -0.1) is 10.2 Å². The van der Waals surface area contributed by atoms with Crippen LogP contribution in [0.2, 0.25) is 0 Å². The number of nitrogens with one attached hydrogen (secondary N) is 1. The molecular weight excluding hydrogens is 202 g/mol. The Morgan fingerprint density at radius 1 is 1.50 bits per heavy atom. The maximum atomic E-state index is 4.16. The van der Waals surface area contributed by atoms with Gasteiger partial charge in [-0.05, 0) is 49.2 Å². The summed E-state index contributed by atoms with van der Waals surface area (Å²) >= 11 is 0. The van der Waals surface area contributed by atoms with Gasteiger partial charge in [0.1, 0.15) is 0 Å². The second kappa shape index (κ2) is 3.80.